The van der Waals surface area contributed by atoms with Crippen LogP contribution < -0.4 is 10.9 Å². The van der Waals surface area contributed by atoms with Gasteiger partial charge in [0.25, 0.3) is 11.5 Å². The number of nitrogens with one attached hydrogen (secondary N) is 2. The molecule has 1 atom stereocenters. The monoisotopic (exact) mass is 379 g/mol. The summed E-state index contributed by atoms with van der Waals surface area (Å²) in [5.41, 5.74) is 1.73. The van der Waals surface area contributed by atoms with E-state index >= 15 is 0 Å². The summed E-state index contributed by atoms with van der Waals surface area (Å²) >= 11 is 0. The number of amides is 1. The number of aliphatic hydroxyl groups excluding tert-OH is 1. The Kier molecular flexibility index (Phi) is 5.81. The Morgan fingerprint density at radius 3 is 2.54 bits per heavy atom. The van der Waals surface area contributed by atoms with Crippen LogP contribution in [0.1, 0.15) is 23.0 Å². The second kappa shape index (κ2) is 8.45. The van der Waals surface area contributed by atoms with Gasteiger partial charge in [-0.2, -0.15) is 0 Å². The Morgan fingerprint density at radius 2 is 1.82 bits per heavy atom. The van der Waals surface area contributed by atoms with Crippen LogP contribution in [0.2, 0.25) is 0 Å². The van der Waals surface area contributed by atoms with Gasteiger partial charge in [-0.15, -0.1) is 10.2 Å². The van der Waals surface area contributed by atoms with Crippen molar-refractivity contribution in [2.24, 2.45) is 10.2 Å². The van der Waals surface area contributed by atoms with Crippen molar-refractivity contribution in [1.82, 2.24) is 15.1 Å². The number of aryl methyl sites for hydroxylation is 1. The van der Waals surface area contributed by atoms with Gasteiger partial charge in [-0.3, -0.25) is 14.7 Å². The summed E-state index contributed by atoms with van der Waals surface area (Å²) in [5, 5.41) is 23.1. The quantitative estimate of drug-likeness (QED) is 0.572. The number of para-hydroxylation sites is 1. The van der Waals surface area contributed by atoms with Crippen molar-refractivity contribution in [1.29, 1.82) is 0 Å². The van der Waals surface area contributed by atoms with E-state index in [0.29, 0.717) is 22.6 Å². The molecule has 0 aliphatic rings. The molecule has 2 aromatic carbocycles. The van der Waals surface area contributed by atoms with Gasteiger partial charge in [-0.25, -0.2) is 4.68 Å². The van der Waals surface area contributed by atoms with Crippen LogP contribution in [0.15, 0.2) is 69.6 Å². The Bertz CT molecular complexity index is 1050. The average molecular weight is 379 g/mol. The van der Waals surface area contributed by atoms with Crippen LogP contribution in [0.5, 0.6) is 0 Å². The molecule has 0 saturated heterocycles. The fourth-order valence-corrected chi connectivity index (χ4v) is 2.61. The highest BCUT2D eigenvalue weighted by atomic mass is 16.3. The number of hydrogen-bond donors (Lipinski definition) is 3. The predicted molar refractivity (Wildman–Crippen MR) is 106 cm³/mol. The highest BCUT2D eigenvalue weighted by Crippen LogP contribution is 2.22. The second-order valence-electron chi connectivity index (χ2n) is 6.34. The van der Waals surface area contributed by atoms with Gasteiger partial charge in [0.1, 0.15) is 0 Å². The number of nitrogens with zero attached hydrogens (tertiary/aromatic N) is 3. The summed E-state index contributed by atoms with van der Waals surface area (Å²) in [4.78, 5) is 25.0. The molecular formula is C20H21N5O3. The zero-order chi connectivity index (χ0) is 20.1. The smallest absolute Gasteiger partial charge is 0.299 e. The van der Waals surface area contributed by atoms with E-state index in [-0.39, 0.29) is 23.7 Å². The first-order valence-corrected chi connectivity index (χ1v) is 8.81. The number of aromatic amines is 1. The van der Waals surface area contributed by atoms with E-state index in [4.69, 9.17) is 0 Å². The first-order valence-electron chi connectivity index (χ1n) is 8.81. The second-order valence-corrected chi connectivity index (χ2v) is 6.34. The van der Waals surface area contributed by atoms with Gasteiger partial charge in [-0.05, 0) is 38.1 Å². The molecule has 144 valence electrons. The summed E-state index contributed by atoms with van der Waals surface area (Å²) in [5.74, 6) is -0.372. The number of aromatic nitrogens is 2. The van der Waals surface area contributed by atoms with Crippen molar-refractivity contribution in [3.63, 3.8) is 0 Å². The number of rotatable bonds is 6. The fraction of sp³-hybridized carbons (Fsp3) is 0.200. The third-order valence-electron chi connectivity index (χ3n) is 4.02. The van der Waals surface area contributed by atoms with E-state index in [9.17, 15) is 14.7 Å². The minimum atomic E-state index is -0.656. The highest BCUT2D eigenvalue weighted by Gasteiger charge is 2.14. The molecular weight excluding hydrogens is 358 g/mol. The molecule has 0 saturated carbocycles. The van der Waals surface area contributed by atoms with Crippen molar-refractivity contribution in [2.45, 2.75) is 20.0 Å². The topological polar surface area (TPSA) is 112 Å². The third kappa shape index (κ3) is 4.24. The first-order chi connectivity index (χ1) is 13.5. The van der Waals surface area contributed by atoms with Gasteiger partial charge in [0, 0.05) is 6.54 Å². The van der Waals surface area contributed by atoms with Gasteiger partial charge < -0.3 is 10.4 Å². The molecule has 0 aliphatic heterocycles. The fourth-order valence-electron chi connectivity index (χ4n) is 2.61. The van der Waals surface area contributed by atoms with Gasteiger partial charge >= 0.3 is 0 Å². The molecule has 3 aromatic rings. The molecule has 0 radical (unpaired) electrons. The lowest BCUT2D eigenvalue weighted by Crippen LogP contribution is -2.30. The minimum absolute atomic E-state index is 0.128. The molecule has 1 unspecified atom stereocenters. The van der Waals surface area contributed by atoms with Crippen molar-refractivity contribution < 1.29 is 9.90 Å². The molecule has 0 spiro atoms. The molecule has 0 bridgehead atoms. The predicted octanol–water partition coefficient (Wildman–Crippen LogP) is 3.00. The SMILES string of the molecule is Cc1[nH]n(-c2ccccc2)c(=O)c1N=Nc1ccccc1C(=O)NCC(C)O. The largest absolute Gasteiger partial charge is 0.392 e. The van der Waals surface area contributed by atoms with Gasteiger partial charge in [0.2, 0.25) is 0 Å². The maximum Gasteiger partial charge on any atom is 0.299 e. The molecule has 28 heavy (non-hydrogen) atoms. The number of benzene rings is 2. The van der Waals surface area contributed by atoms with Crippen molar-refractivity contribution in [3.05, 3.63) is 76.2 Å². The molecule has 8 heteroatoms. The molecule has 0 fully saturated rings. The maximum atomic E-state index is 12.7. The van der Waals surface area contributed by atoms with Crippen LogP contribution >= 0.6 is 0 Å². The third-order valence-corrected chi connectivity index (χ3v) is 4.02. The molecule has 1 amide bonds. The Labute approximate surface area is 161 Å². The lowest BCUT2D eigenvalue weighted by Gasteiger charge is -2.08. The standard InChI is InChI=1S/C20H21N5O3/c1-13(26)12-21-19(27)16-10-6-7-11-17(16)22-23-18-14(2)24-25(20(18)28)15-8-4-3-5-9-15/h3-11,13,24,26H,12H2,1-2H3,(H,21,27). The Morgan fingerprint density at radius 1 is 1.14 bits per heavy atom. The number of hydrogen-bond acceptors (Lipinski definition) is 5. The van der Waals surface area contributed by atoms with Gasteiger partial charge in [0.05, 0.1) is 28.7 Å². The van der Waals surface area contributed by atoms with Crippen LogP contribution in [-0.4, -0.2) is 33.4 Å². The molecule has 1 heterocycles. The Balaban J connectivity index is 1.91. The summed E-state index contributed by atoms with van der Waals surface area (Å²) in [7, 11) is 0. The van der Waals surface area contributed by atoms with Crippen LogP contribution in [0, 0.1) is 6.92 Å². The average Bonchev–Trinajstić information content (AvgIpc) is 2.99. The maximum absolute atomic E-state index is 12.7. The zero-order valence-corrected chi connectivity index (χ0v) is 15.6. The Hall–Kier alpha value is -3.52. The zero-order valence-electron chi connectivity index (χ0n) is 15.6. The number of H-pyrrole nitrogens is 1. The molecule has 1 aromatic heterocycles. The summed E-state index contributed by atoms with van der Waals surface area (Å²) < 4.78 is 1.39. The van der Waals surface area contributed by atoms with E-state index in [0.717, 1.165) is 0 Å². The van der Waals surface area contributed by atoms with E-state index in [2.05, 4.69) is 20.6 Å². The van der Waals surface area contributed by atoms with Crippen molar-refractivity contribution in [3.8, 4) is 5.69 Å². The first kappa shape index (κ1) is 19.2. The van der Waals surface area contributed by atoms with E-state index < -0.39 is 6.10 Å². The number of carbonyl (C=O) groups is 1. The highest BCUT2D eigenvalue weighted by molar-refractivity contribution is 5.98. The van der Waals surface area contributed by atoms with Crippen LogP contribution in [0.4, 0.5) is 11.4 Å². The van der Waals surface area contributed by atoms with Gasteiger partial charge in [0.15, 0.2) is 5.69 Å². The molecule has 3 rings (SSSR count). The van der Waals surface area contributed by atoms with Crippen LogP contribution in [-0.2, 0) is 0 Å². The van der Waals surface area contributed by atoms with Crippen LogP contribution in [0.3, 0.4) is 0 Å². The van der Waals surface area contributed by atoms with Crippen LogP contribution in [0.25, 0.3) is 5.69 Å². The molecule has 3 N–H and O–H groups in total. The van der Waals surface area contributed by atoms with Crippen molar-refractivity contribution in [2.75, 3.05) is 6.54 Å². The summed E-state index contributed by atoms with van der Waals surface area (Å²) in [6.45, 7) is 3.44. The number of aliphatic hydroxyl groups is 1. The van der Waals surface area contributed by atoms with Gasteiger partial charge in [-0.1, -0.05) is 30.3 Å². The lowest BCUT2D eigenvalue weighted by atomic mass is 10.1. The molecule has 8 nitrogen and oxygen atoms in total. The number of azo groups is 1. The normalized spacial score (nSPS) is 12.2. The lowest BCUT2D eigenvalue weighted by molar-refractivity contribution is 0.0924. The number of carbonyl (C=O) groups excluding carboxylic acids is 1. The van der Waals surface area contributed by atoms with E-state index in [1.54, 1.807) is 50.2 Å². The molecule has 0 aliphatic carbocycles. The van der Waals surface area contributed by atoms with E-state index in [1.165, 1.54) is 4.68 Å². The minimum Gasteiger partial charge on any atom is -0.392 e. The van der Waals surface area contributed by atoms with Crippen molar-refractivity contribution >= 4 is 17.3 Å². The summed E-state index contributed by atoms with van der Waals surface area (Å²) in [6.07, 6.45) is -0.656. The van der Waals surface area contributed by atoms with E-state index in [1.807, 2.05) is 18.2 Å². The summed E-state index contributed by atoms with van der Waals surface area (Å²) in [6, 6.07) is 15.8.